The molecule has 0 aromatic heterocycles. The van der Waals surface area contributed by atoms with Gasteiger partial charge in [-0.2, -0.15) is 0 Å². The van der Waals surface area contributed by atoms with E-state index in [4.69, 9.17) is 11.6 Å². The molecular weight excluding hydrogens is 251 g/mol. The van der Waals surface area contributed by atoms with Gasteiger partial charge in [-0.25, -0.2) is 4.39 Å². The number of piperidine rings is 1. The van der Waals surface area contributed by atoms with Crippen LogP contribution >= 0.6 is 11.6 Å². The van der Waals surface area contributed by atoms with E-state index in [-0.39, 0.29) is 5.82 Å². The van der Waals surface area contributed by atoms with Crippen LogP contribution in [0.3, 0.4) is 0 Å². The SMILES string of the molecule is Fc1cc(Cl)cc(CN2CCC3NCCC3C2)c1. The molecule has 0 amide bonds. The molecule has 1 N–H and O–H groups in total. The lowest BCUT2D eigenvalue weighted by Crippen LogP contribution is -2.43. The number of nitrogens with zero attached hydrogens (tertiary/aromatic N) is 1. The fourth-order valence-corrected chi connectivity index (χ4v) is 3.47. The number of rotatable bonds is 2. The standard InChI is InChI=1S/C14H18ClFN2/c15-12-5-10(6-13(16)7-12)8-18-4-2-14-11(9-18)1-3-17-14/h5-7,11,14,17H,1-4,8-9H2. The third-order valence-corrected chi connectivity index (χ3v) is 4.29. The molecule has 2 saturated heterocycles. The summed E-state index contributed by atoms with van der Waals surface area (Å²) in [5.41, 5.74) is 0.976. The fraction of sp³-hybridized carbons (Fsp3) is 0.571. The van der Waals surface area contributed by atoms with Crippen molar-refractivity contribution in [2.75, 3.05) is 19.6 Å². The second kappa shape index (κ2) is 5.16. The number of fused-ring (bicyclic) bond motifs is 1. The van der Waals surface area contributed by atoms with E-state index in [9.17, 15) is 4.39 Å². The molecular formula is C14H18ClFN2. The molecule has 0 spiro atoms. The van der Waals surface area contributed by atoms with Crippen LogP contribution in [0, 0.1) is 11.7 Å². The van der Waals surface area contributed by atoms with Crippen molar-refractivity contribution in [2.45, 2.75) is 25.4 Å². The molecule has 4 heteroatoms. The van der Waals surface area contributed by atoms with Gasteiger partial charge in [-0.15, -0.1) is 0 Å². The van der Waals surface area contributed by atoms with Gasteiger partial charge < -0.3 is 5.32 Å². The smallest absolute Gasteiger partial charge is 0.125 e. The van der Waals surface area contributed by atoms with Crippen LogP contribution in [0.4, 0.5) is 4.39 Å². The number of likely N-dealkylation sites (tertiary alicyclic amines) is 1. The van der Waals surface area contributed by atoms with Crippen LogP contribution in [0.15, 0.2) is 18.2 Å². The normalized spacial score (nSPS) is 28.3. The molecule has 0 radical (unpaired) electrons. The van der Waals surface area contributed by atoms with E-state index < -0.39 is 0 Å². The molecule has 98 valence electrons. The lowest BCUT2D eigenvalue weighted by molar-refractivity contribution is 0.156. The van der Waals surface area contributed by atoms with Gasteiger partial charge in [0.1, 0.15) is 5.82 Å². The van der Waals surface area contributed by atoms with Crippen molar-refractivity contribution in [3.8, 4) is 0 Å². The molecule has 1 aromatic rings. The molecule has 2 aliphatic rings. The molecule has 1 aromatic carbocycles. The van der Waals surface area contributed by atoms with E-state index in [2.05, 4.69) is 10.2 Å². The van der Waals surface area contributed by atoms with Crippen molar-refractivity contribution >= 4 is 11.6 Å². The quantitative estimate of drug-likeness (QED) is 0.887. The van der Waals surface area contributed by atoms with E-state index in [1.54, 1.807) is 6.07 Å². The van der Waals surface area contributed by atoms with Crippen molar-refractivity contribution in [2.24, 2.45) is 5.92 Å². The van der Waals surface area contributed by atoms with Crippen molar-refractivity contribution in [1.29, 1.82) is 0 Å². The van der Waals surface area contributed by atoms with Crippen LogP contribution in [0.2, 0.25) is 5.02 Å². The molecule has 0 bridgehead atoms. The van der Waals surface area contributed by atoms with Crippen molar-refractivity contribution < 1.29 is 4.39 Å². The predicted octanol–water partition coefficient (Wildman–Crippen LogP) is 2.66. The number of nitrogens with one attached hydrogen (secondary N) is 1. The zero-order valence-corrected chi connectivity index (χ0v) is 11.1. The molecule has 2 heterocycles. The number of halogens is 2. The minimum absolute atomic E-state index is 0.241. The van der Waals surface area contributed by atoms with Crippen molar-refractivity contribution in [1.82, 2.24) is 10.2 Å². The largest absolute Gasteiger partial charge is 0.314 e. The molecule has 0 saturated carbocycles. The van der Waals surface area contributed by atoms with Gasteiger partial charge in [0.15, 0.2) is 0 Å². The highest BCUT2D eigenvalue weighted by molar-refractivity contribution is 6.30. The van der Waals surface area contributed by atoms with Crippen LogP contribution in [0.1, 0.15) is 18.4 Å². The average molecular weight is 269 g/mol. The van der Waals surface area contributed by atoms with Crippen LogP contribution in [0.25, 0.3) is 0 Å². The first-order chi connectivity index (χ1) is 8.70. The molecule has 2 nitrogen and oxygen atoms in total. The van der Waals surface area contributed by atoms with Gasteiger partial charge in [0.25, 0.3) is 0 Å². The van der Waals surface area contributed by atoms with E-state index in [1.807, 2.05) is 6.07 Å². The summed E-state index contributed by atoms with van der Waals surface area (Å²) in [4.78, 5) is 2.42. The summed E-state index contributed by atoms with van der Waals surface area (Å²) in [6.45, 7) is 4.16. The van der Waals surface area contributed by atoms with Gasteiger partial charge in [-0.05, 0) is 55.6 Å². The zero-order valence-electron chi connectivity index (χ0n) is 10.3. The van der Waals surface area contributed by atoms with Gasteiger partial charge in [0.2, 0.25) is 0 Å². The zero-order chi connectivity index (χ0) is 12.5. The lowest BCUT2D eigenvalue weighted by atomic mass is 9.93. The highest BCUT2D eigenvalue weighted by Crippen LogP contribution is 2.26. The second-order valence-electron chi connectivity index (χ2n) is 5.41. The molecule has 3 rings (SSSR count). The molecule has 2 aliphatic heterocycles. The summed E-state index contributed by atoms with van der Waals surface area (Å²) in [5, 5.41) is 4.04. The Morgan fingerprint density at radius 1 is 1.33 bits per heavy atom. The maximum atomic E-state index is 13.3. The molecule has 2 fully saturated rings. The molecule has 2 unspecified atom stereocenters. The van der Waals surface area contributed by atoms with Crippen LogP contribution in [-0.2, 0) is 6.54 Å². The predicted molar refractivity (Wildman–Crippen MR) is 71.2 cm³/mol. The minimum atomic E-state index is -0.241. The summed E-state index contributed by atoms with van der Waals surface area (Å²) in [6.07, 6.45) is 2.47. The van der Waals surface area contributed by atoms with Gasteiger partial charge in [0, 0.05) is 24.2 Å². The third-order valence-electron chi connectivity index (χ3n) is 4.07. The summed E-state index contributed by atoms with van der Waals surface area (Å²) in [7, 11) is 0. The summed E-state index contributed by atoms with van der Waals surface area (Å²) in [6, 6.07) is 5.52. The number of hydrogen-bond acceptors (Lipinski definition) is 2. The second-order valence-corrected chi connectivity index (χ2v) is 5.85. The van der Waals surface area contributed by atoms with Crippen molar-refractivity contribution in [3.05, 3.63) is 34.6 Å². The first-order valence-corrected chi connectivity index (χ1v) is 6.99. The third kappa shape index (κ3) is 2.68. The van der Waals surface area contributed by atoms with E-state index in [0.717, 1.165) is 37.7 Å². The minimum Gasteiger partial charge on any atom is -0.314 e. The highest BCUT2D eigenvalue weighted by Gasteiger charge is 2.32. The maximum Gasteiger partial charge on any atom is 0.125 e. The number of hydrogen-bond donors (Lipinski definition) is 1. The summed E-state index contributed by atoms with van der Waals surface area (Å²) < 4.78 is 13.3. The Hall–Kier alpha value is -0.640. The Balaban J connectivity index is 1.65. The highest BCUT2D eigenvalue weighted by atomic mass is 35.5. The first kappa shape index (κ1) is 12.4. The van der Waals surface area contributed by atoms with Gasteiger partial charge in [0.05, 0.1) is 0 Å². The lowest BCUT2D eigenvalue weighted by Gasteiger charge is -2.34. The Kier molecular flexibility index (Phi) is 3.55. The fourth-order valence-electron chi connectivity index (χ4n) is 3.23. The van der Waals surface area contributed by atoms with Crippen LogP contribution < -0.4 is 5.32 Å². The van der Waals surface area contributed by atoms with Crippen molar-refractivity contribution in [3.63, 3.8) is 0 Å². The molecule has 2 atom stereocenters. The monoisotopic (exact) mass is 268 g/mol. The number of benzene rings is 1. The first-order valence-electron chi connectivity index (χ1n) is 6.61. The van der Waals surface area contributed by atoms with E-state index >= 15 is 0 Å². The van der Waals surface area contributed by atoms with E-state index in [0.29, 0.717) is 11.1 Å². The van der Waals surface area contributed by atoms with Crippen LogP contribution in [-0.4, -0.2) is 30.6 Å². The van der Waals surface area contributed by atoms with Crippen LogP contribution in [0.5, 0.6) is 0 Å². The van der Waals surface area contributed by atoms with Gasteiger partial charge >= 0.3 is 0 Å². The van der Waals surface area contributed by atoms with Gasteiger partial charge in [-0.1, -0.05) is 11.6 Å². The Labute approximate surface area is 112 Å². The Bertz CT molecular complexity index is 418. The average Bonchev–Trinajstić information content (AvgIpc) is 2.74. The molecule has 0 aliphatic carbocycles. The Morgan fingerprint density at radius 2 is 2.22 bits per heavy atom. The topological polar surface area (TPSA) is 15.3 Å². The van der Waals surface area contributed by atoms with E-state index in [1.165, 1.54) is 18.9 Å². The Morgan fingerprint density at radius 3 is 3.06 bits per heavy atom. The summed E-state index contributed by atoms with van der Waals surface area (Å²) >= 11 is 5.89. The maximum absolute atomic E-state index is 13.3. The van der Waals surface area contributed by atoms with Gasteiger partial charge in [-0.3, -0.25) is 4.90 Å². The molecule has 18 heavy (non-hydrogen) atoms. The summed E-state index contributed by atoms with van der Waals surface area (Å²) in [5.74, 6) is 0.526.